The van der Waals surface area contributed by atoms with Crippen molar-refractivity contribution < 1.29 is 9.53 Å². The first-order valence-corrected chi connectivity index (χ1v) is 8.99. The second-order valence-electron chi connectivity index (χ2n) is 5.41. The van der Waals surface area contributed by atoms with Gasteiger partial charge in [0.1, 0.15) is 0 Å². The number of amides is 1. The minimum Gasteiger partial charge on any atom is -0.381 e. The molecular weight excluding hydrogens is 354 g/mol. The lowest BCUT2D eigenvalue weighted by Gasteiger charge is -2.26. The van der Waals surface area contributed by atoms with Crippen molar-refractivity contribution in [1.29, 1.82) is 0 Å². The molecule has 1 atom stereocenters. The van der Waals surface area contributed by atoms with Crippen LogP contribution in [0.5, 0.6) is 0 Å². The lowest BCUT2D eigenvalue weighted by atomic mass is 9.92. The number of ether oxygens (including phenoxy) is 1. The van der Waals surface area contributed by atoms with Gasteiger partial charge in [-0.25, -0.2) is 4.98 Å². The number of thiophene rings is 1. The molecule has 0 aromatic carbocycles. The third kappa shape index (κ3) is 4.51. The maximum Gasteiger partial charge on any atom is 0.243 e. The molecule has 0 aliphatic carbocycles. The Bertz CT molecular complexity index is 653. The number of thiazole rings is 1. The van der Waals surface area contributed by atoms with Gasteiger partial charge in [0.25, 0.3) is 0 Å². The Kier molecular flexibility index (Phi) is 6.55. The van der Waals surface area contributed by atoms with Crippen LogP contribution < -0.4 is 11.1 Å². The maximum atomic E-state index is 12.3. The largest absolute Gasteiger partial charge is 0.381 e. The number of hydrogen-bond donors (Lipinski definition) is 2. The predicted octanol–water partition coefficient (Wildman–Crippen LogP) is 3.29. The Morgan fingerprint density at radius 3 is 2.83 bits per heavy atom. The molecule has 1 aliphatic rings. The molecule has 0 bridgehead atoms. The van der Waals surface area contributed by atoms with E-state index in [-0.39, 0.29) is 24.2 Å². The van der Waals surface area contributed by atoms with Crippen molar-refractivity contribution in [3.05, 3.63) is 22.4 Å². The van der Waals surface area contributed by atoms with E-state index in [1.807, 2.05) is 5.38 Å². The predicted molar refractivity (Wildman–Crippen MR) is 97.6 cm³/mol. The topological polar surface area (TPSA) is 77.2 Å². The van der Waals surface area contributed by atoms with Crippen molar-refractivity contribution in [3.8, 4) is 10.6 Å². The number of carbonyl (C=O) groups excluding carboxylic acids is 1. The minimum absolute atomic E-state index is 0. The lowest BCUT2D eigenvalue weighted by molar-refractivity contribution is -0.119. The van der Waals surface area contributed by atoms with Gasteiger partial charge in [-0.1, -0.05) is 0 Å². The number of aromatic nitrogens is 1. The second kappa shape index (κ2) is 8.21. The summed E-state index contributed by atoms with van der Waals surface area (Å²) < 4.78 is 5.31. The summed E-state index contributed by atoms with van der Waals surface area (Å²) >= 11 is 3.12. The van der Waals surface area contributed by atoms with Crippen LogP contribution in [-0.2, 0) is 9.53 Å². The van der Waals surface area contributed by atoms with Gasteiger partial charge in [0.15, 0.2) is 5.13 Å². The molecule has 3 rings (SSSR count). The summed E-state index contributed by atoms with van der Waals surface area (Å²) in [6, 6.07) is 3.62. The van der Waals surface area contributed by atoms with E-state index >= 15 is 0 Å². The van der Waals surface area contributed by atoms with Crippen LogP contribution in [0.2, 0.25) is 0 Å². The van der Waals surface area contributed by atoms with Crippen molar-refractivity contribution in [2.45, 2.75) is 25.8 Å². The molecule has 3 heterocycles. The Hall–Kier alpha value is -0.990. The zero-order valence-electron chi connectivity index (χ0n) is 12.8. The molecule has 3 N–H and O–H groups in total. The monoisotopic (exact) mass is 373 g/mol. The molecule has 0 spiro atoms. The number of anilines is 1. The van der Waals surface area contributed by atoms with Crippen LogP contribution >= 0.6 is 35.1 Å². The van der Waals surface area contributed by atoms with E-state index in [0.717, 1.165) is 23.4 Å². The zero-order chi connectivity index (χ0) is 15.5. The van der Waals surface area contributed by atoms with E-state index in [9.17, 15) is 4.79 Å². The van der Waals surface area contributed by atoms with E-state index in [2.05, 4.69) is 29.4 Å². The van der Waals surface area contributed by atoms with Crippen LogP contribution in [0, 0.1) is 12.8 Å². The summed E-state index contributed by atoms with van der Waals surface area (Å²) in [6.07, 6.45) is 1.68. The fourth-order valence-electron chi connectivity index (χ4n) is 2.49. The van der Waals surface area contributed by atoms with Gasteiger partial charge in [0, 0.05) is 23.5 Å². The van der Waals surface area contributed by atoms with Crippen molar-refractivity contribution in [3.63, 3.8) is 0 Å². The molecule has 0 radical (unpaired) electrons. The van der Waals surface area contributed by atoms with Gasteiger partial charge < -0.3 is 15.8 Å². The van der Waals surface area contributed by atoms with Gasteiger partial charge in [0.05, 0.1) is 16.6 Å². The maximum absolute atomic E-state index is 12.3. The summed E-state index contributed by atoms with van der Waals surface area (Å²) in [6.45, 7) is 3.44. The zero-order valence-corrected chi connectivity index (χ0v) is 15.2. The molecule has 0 saturated carbocycles. The summed E-state index contributed by atoms with van der Waals surface area (Å²) in [7, 11) is 0. The third-order valence-corrected chi connectivity index (χ3v) is 5.58. The summed E-state index contributed by atoms with van der Waals surface area (Å²) in [4.78, 5) is 19.1. The van der Waals surface area contributed by atoms with Crippen LogP contribution in [0.25, 0.3) is 10.6 Å². The molecule has 5 nitrogen and oxygen atoms in total. The highest BCUT2D eigenvalue weighted by Crippen LogP contribution is 2.30. The van der Waals surface area contributed by atoms with Gasteiger partial charge in [-0.3, -0.25) is 4.79 Å². The molecule has 1 saturated heterocycles. The first-order chi connectivity index (χ1) is 10.6. The van der Waals surface area contributed by atoms with Crippen LogP contribution in [0.4, 0.5) is 5.13 Å². The summed E-state index contributed by atoms with van der Waals surface area (Å²) in [5.41, 5.74) is 6.97. The second-order valence-corrected chi connectivity index (χ2v) is 7.56. The lowest BCUT2D eigenvalue weighted by Crippen LogP contribution is -2.43. The van der Waals surface area contributed by atoms with Gasteiger partial charge in [-0.05, 0) is 37.8 Å². The number of hydrogen-bond acceptors (Lipinski definition) is 6. The Morgan fingerprint density at radius 1 is 1.43 bits per heavy atom. The Morgan fingerprint density at radius 2 is 2.17 bits per heavy atom. The molecule has 1 amide bonds. The van der Waals surface area contributed by atoms with Crippen LogP contribution in [0.3, 0.4) is 0 Å². The first-order valence-electron chi connectivity index (χ1n) is 7.30. The average Bonchev–Trinajstić information content (AvgIpc) is 3.16. The van der Waals surface area contributed by atoms with E-state index in [1.54, 1.807) is 11.3 Å². The number of aryl methyl sites for hydroxylation is 1. The van der Waals surface area contributed by atoms with Gasteiger partial charge >= 0.3 is 0 Å². The smallest absolute Gasteiger partial charge is 0.243 e. The van der Waals surface area contributed by atoms with Gasteiger partial charge in [-0.2, -0.15) is 0 Å². The average molecular weight is 374 g/mol. The molecule has 126 valence electrons. The molecule has 2 aromatic heterocycles. The number of nitrogens with zero attached hydrogens (tertiary/aromatic N) is 1. The summed E-state index contributed by atoms with van der Waals surface area (Å²) in [5, 5.41) is 5.41. The van der Waals surface area contributed by atoms with E-state index < -0.39 is 6.04 Å². The molecular formula is C15H20ClN3O2S2. The van der Waals surface area contributed by atoms with Crippen molar-refractivity contribution in [2.24, 2.45) is 11.7 Å². The van der Waals surface area contributed by atoms with Crippen molar-refractivity contribution in [1.82, 2.24) is 4.98 Å². The fraction of sp³-hybridized carbons (Fsp3) is 0.467. The highest BCUT2D eigenvalue weighted by Gasteiger charge is 2.27. The molecule has 23 heavy (non-hydrogen) atoms. The van der Waals surface area contributed by atoms with Crippen LogP contribution in [-0.4, -0.2) is 30.1 Å². The molecule has 1 aliphatic heterocycles. The van der Waals surface area contributed by atoms with Crippen LogP contribution in [0.1, 0.15) is 17.7 Å². The quantitative estimate of drug-likeness (QED) is 0.862. The van der Waals surface area contributed by atoms with E-state index in [1.165, 1.54) is 16.2 Å². The number of nitrogens with one attached hydrogen (secondary N) is 1. The Labute approximate surface area is 149 Å². The Balaban J connectivity index is 0.00000192. The molecule has 2 aromatic rings. The molecule has 1 unspecified atom stereocenters. The molecule has 1 fully saturated rings. The number of carbonyl (C=O) groups is 1. The standard InChI is InChI=1S/C15H19N3O2S2.ClH/c1-9-2-3-12(22-9)11-8-21-15(17-11)18-14(19)13(16)10-4-6-20-7-5-10;/h2-3,8,10,13H,4-7,16H2,1H3,(H,17,18,19);1H. The van der Waals surface area contributed by atoms with Crippen molar-refractivity contribution >= 4 is 46.1 Å². The summed E-state index contributed by atoms with van der Waals surface area (Å²) in [5.74, 6) is 0.0308. The SMILES string of the molecule is Cc1ccc(-c2csc(NC(=O)C(N)C3CCOCC3)n2)s1.Cl. The third-order valence-electron chi connectivity index (χ3n) is 3.80. The normalized spacial score (nSPS) is 16.6. The number of rotatable bonds is 4. The van der Waals surface area contributed by atoms with Gasteiger partial charge in [-0.15, -0.1) is 35.1 Å². The fourth-order valence-corrected chi connectivity index (χ4v) is 4.11. The van der Waals surface area contributed by atoms with E-state index in [0.29, 0.717) is 18.3 Å². The highest BCUT2D eigenvalue weighted by molar-refractivity contribution is 7.17. The van der Waals surface area contributed by atoms with E-state index in [4.69, 9.17) is 10.5 Å². The highest BCUT2D eigenvalue weighted by atomic mass is 35.5. The first kappa shape index (κ1) is 18.4. The number of nitrogens with two attached hydrogens (primary N) is 1. The van der Waals surface area contributed by atoms with Crippen molar-refractivity contribution in [2.75, 3.05) is 18.5 Å². The van der Waals surface area contributed by atoms with Gasteiger partial charge in [0.2, 0.25) is 5.91 Å². The number of halogens is 1. The molecule has 8 heteroatoms. The minimum atomic E-state index is -0.500. The van der Waals surface area contributed by atoms with Crippen LogP contribution in [0.15, 0.2) is 17.5 Å².